The van der Waals surface area contributed by atoms with Gasteiger partial charge in [0.2, 0.25) is 0 Å². The van der Waals surface area contributed by atoms with Gasteiger partial charge in [-0.25, -0.2) is 0 Å². The van der Waals surface area contributed by atoms with Crippen LogP contribution in [0.5, 0.6) is 0 Å². The molecule has 4 nitrogen and oxygen atoms in total. The van der Waals surface area contributed by atoms with Crippen LogP contribution in [0.2, 0.25) is 0 Å². The molecular weight excluding hydrogens is 118 g/mol. The van der Waals surface area contributed by atoms with Gasteiger partial charge in [0.25, 0.3) is 0 Å². The summed E-state index contributed by atoms with van der Waals surface area (Å²) in [6.07, 6.45) is 0. The maximum Gasteiger partial charge on any atom is 0.173 e. The Morgan fingerprint density at radius 2 is 1.89 bits per heavy atom. The second-order valence-corrected chi connectivity index (χ2v) is 2.78. The highest BCUT2D eigenvalue weighted by molar-refractivity contribution is 5.05. The maximum atomic E-state index is 8.05. The van der Waals surface area contributed by atoms with Crippen molar-refractivity contribution in [3.63, 3.8) is 0 Å². The van der Waals surface area contributed by atoms with Crippen LogP contribution in [0, 0.1) is 0 Å². The molecule has 1 rings (SSSR count). The normalized spacial score (nSPS) is 37.2. The Morgan fingerprint density at radius 1 is 1.44 bits per heavy atom. The average molecular weight is 127 g/mol. The van der Waals surface area contributed by atoms with Crippen LogP contribution in [-0.2, 0) is 4.74 Å². The highest BCUT2D eigenvalue weighted by atomic mass is 16.6. The van der Waals surface area contributed by atoms with Crippen LogP contribution in [0.4, 0.5) is 0 Å². The highest BCUT2D eigenvalue weighted by Gasteiger charge is 2.59. The van der Waals surface area contributed by atoms with Crippen molar-refractivity contribution in [1.82, 2.24) is 0 Å². The Bertz CT molecular complexity index is 183. The van der Waals surface area contributed by atoms with Crippen molar-refractivity contribution in [3.05, 3.63) is 10.4 Å². The summed E-state index contributed by atoms with van der Waals surface area (Å²) < 4.78 is 5.11. The molecule has 0 spiro atoms. The Hall–Kier alpha value is -0.730. The maximum absolute atomic E-state index is 8.05. The summed E-state index contributed by atoms with van der Waals surface area (Å²) in [6, 6.07) is 0. The Morgan fingerprint density at radius 3 is 2.00 bits per heavy atom. The predicted molar refractivity (Wildman–Crippen MR) is 32.7 cm³/mol. The van der Waals surface area contributed by atoms with Crippen LogP contribution >= 0.6 is 0 Å². The van der Waals surface area contributed by atoms with Gasteiger partial charge in [-0.05, 0) is 26.3 Å². The van der Waals surface area contributed by atoms with Gasteiger partial charge in [0.15, 0.2) is 5.72 Å². The molecule has 1 fully saturated rings. The molecule has 0 aliphatic carbocycles. The first-order valence-corrected chi connectivity index (χ1v) is 2.78. The van der Waals surface area contributed by atoms with E-state index in [0.717, 1.165) is 0 Å². The number of ether oxygens (including phenoxy) is 1. The van der Waals surface area contributed by atoms with Crippen molar-refractivity contribution in [2.75, 3.05) is 0 Å². The monoisotopic (exact) mass is 127 g/mol. The summed E-state index contributed by atoms with van der Waals surface area (Å²) in [5.41, 5.74) is 7.19. The van der Waals surface area contributed by atoms with E-state index in [1.165, 1.54) is 0 Å². The molecule has 0 amide bonds. The molecule has 0 aromatic carbocycles. The Labute approximate surface area is 53.4 Å². The number of azide groups is 1. The first-order valence-electron chi connectivity index (χ1n) is 2.78. The van der Waals surface area contributed by atoms with Gasteiger partial charge in [-0.3, -0.25) is 0 Å². The lowest BCUT2D eigenvalue weighted by molar-refractivity contribution is 0.289. The van der Waals surface area contributed by atoms with E-state index < -0.39 is 5.72 Å². The molecule has 1 aliphatic heterocycles. The lowest BCUT2D eigenvalue weighted by Crippen LogP contribution is -2.11. The molecule has 0 aromatic rings. The van der Waals surface area contributed by atoms with E-state index in [2.05, 4.69) is 10.0 Å². The molecule has 1 atom stereocenters. The van der Waals surface area contributed by atoms with Crippen molar-refractivity contribution in [1.29, 1.82) is 0 Å². The SMILES string of the molecule is CC1(C)OC1(C)N=[N+]=[N-]. The van der Waals surface area contributed by atoms with Crippen LogP contribution in [0.1, 0.15) is 20.8 Å². The van der Waals surface area contributed by atoms with Gasteiger partial charge in [0.1, 0.15) is 0 Å². The zero-order chi connectivity index (χ0) is 7.12. The summed E-state index contributed by atoms with van der Waals surface area (Å²) >= 11 is 0. The minimum atomic E-state index is -0.595. The first-order chi connectivity index (χ1) is 4.02. The van der Waals surface area contributed by atoms with Crippen molar-refractivity contribution < 1.29 is 4.74 Å². The first kappa shape index (κ1) is 6.39. The lowest BCUT2D eigenvalue weighted by Gasteiger charge is -1.95. The highest BCUT2D eigenvalue weighted by Crippen LogP contribution is 2.48. The number of rotatable bonds is 1. The smallest absolute Gasteiger partial charge is 0.173 e. The second kappa shape index (κ2) is 1.40. The largest absolute Gasteiger partial charge is 0.357 e. The van der Waals surface area contributed by atoms with Crippen molar-refractivity contribution in [2.45, 2.75) is 32.1 Å². The average Bonchev–Trinajstić information content (AvgIpc) is 2.07. The van der Waals surface area contributed by atoms with Crippen LogP contribution in [0.25, 0.3) is 10.4 Å². The number of hydrogen-bond donors (Lipinski definition) is 0. The summed E-state index contributed by atoms with van der Waals surface area (Å²) in [4.78, 5) is 2.67. The van der Waals surface area contributed by atoms with Gasteiger partial charge in [-0.15, -0.1) is 0 Å². The minimum absolute atomic E-state index is 0.265. The third kappa shape index (κ3) is 0.763. The minimum Gasteiger partial charge on any atom is -0.357 e. The molecule has 1 saturated heterocycles. The van der Waals surface area contributed by atoms with E-state index in [-0.39, 0.29) is 5.60 Å². The second-order valence-electron chi connectivity index (χ2n) is 2.78. The van der Waals surface area contributed by atoms with Crippen molar-refractivity contribution in [2.24, 2.45) is 5.11 Å². The molecule has 1 aliphatic rings. The molecule has 0 saturated carbocycles. The standard InChI is InChI=1S/C5H9N3O/c1-4(2)5(3,9-4)7-8-6/h1-3H3. The summed E-state index contributed by atoms with van der Waals surface area (Å²) in [5, 5.41) is 3.48. The fraction of sp³-hybridized carbons (Fsp3) is 1.00. The molecule has 0 N–H and O–H groups in total. The zero-order valence-corrected chi connectivity index (χ0v) is 5.75. The molecule has 9 heavy (non-hydrogen) atoms. The summed E-state index contributed by atoms with van der Waals surface area (Å²) in [5.74, 6) is 0. The molecule has 50 valence electrons. The molecule has 0 bridgehead atoms. The molecule has 1 heterocycles. The molecule has 1 unspecified atom stereocenters. The van der Waals surface area contributed by atoms with E-state index in [4.69, 9.17) is 10.3 Å². The van der Waals surface area contributed by atoms with Crippen LogP contribution in [0.3, 0.4) is 0 Å². The van der Waals surface area contributed by atoms with Crippen LogP contribution in [0.15, 0.2) is 5.11 Å². The molecule has 0 radical (unpaired) electrons. The number of hydrogen-bond acceptors (Lipinski definition) is 2. The van der Waals surface area contributed by atoms with Gasteiger partial charge in [0, 0.05) is 4.91 Å². The Balaban J connectivity index is 2.73. The molecular formula is C5H9N3O. The fourth-order valence-corrected chi connectivity index (χ4v) is 0.697. The van der Waals surface area contributed by atoms with E-state index in [0.29, 0.717) is 0 Å². The predicted octanol–water partition coefficient (Wildman–Crippen LogP) is 1.82. The Kier molecular flexibility index (Phi) is 0.997. The van der Waals surface area contributed by atoms with E-state index >= 15 is 0 Å². The zero-order valence-electron chi connectivity index (χ0n) is 5.75. The van der Waals surface area contributed by atoms with E-state index in [9.17, 15) is 0 Å². The third-order valence-electron chi connectivity index (χ3n) is 1.76. The number of epoxide rings is 1. The van der Waals surface area contributed by atoms with Gasteiger partial charge in [-0.2, -0.15) is 0 Å². The van der Waals surface area contributed by atoms with Gasteiger partial charge in [0.05, 0.1) is 5.60 Å². The topological polar surface area (TPSA) is 61.3 Å². The fourth-order valence-electron chi connectivity index (χ4n) is 0.697. The summed E-state index contributed by atoms with van der Waals surface area (Å²) in [6.45, 7) is 5.55. The quantitative estimate of drug-likeness (QED) is 0.229. The van der Waals surface area contributed by atoms with Gasteiger partial charge < -0.3 is 4.74 Å². The van der Waals surface area contributed by atoms with Crippen LogP contribution < -0.4 is 0 Å². The third-order valence-corrected chi connectivity index (χ3v) is 1.76. The molecule has 0 aromatic heterocycles. The van der Waals surface area contributed by atoms with Crippen molar-refractivity contribution in [3.8, 4) is 0 Å². The number of nitrogens with zero attached hydrogens (tertiary/aromatic N) is 3. The van der Waals surface area contributed by atoms with Crippen LogP contribution in [-0.4, -0.2) is 11.3 Å². The van der Waals surface area contributed by atoms with Gasteiger partial charge in [-0.1, -0.05) is 5.11 Å². The molecule has 4 heteroatoms. The van der Waals surface area contributed by atoms with Gasteiger partial charge >= 0.3 is 0 Å². The van der Waals surface area contributed by atoms with Crippen molar-refractivity contribution >= 4 is 0 Å². The van der Waals surface area contributed by atoms with E-state index in [1.807, 2.05) is 13.8 Å². The van der Waals surface area contributed by atoms with E-state index in [1.54, 1.807) is 6.92 Å². The lowest BCUT2D eigenvalue weighted by atomic mass is 10.1. The summed E-state index contributed by atoms with van der Waals surface area (Å²) in [7, 11) is 0.